The molecule has 18 heavy (non-hydrogen) atoms. The van der Waals surface area contributed by atoms with Crippen molar-refractivity contribution in [3.05, 3.63) is 34.9 Å². The third-order valence-corrected chi connectivity index (χ3v) is 2.56. The van der Waals surface area contributed by atoms with Crippen molar-refractivity contribution in [2.24, 2.45) is 0 Å². The maximum Gasteiger partial charge on any atom is 0.320 e. The van der Waals surface area contributed by atoms with Crippen LogP contribution in [0.15, 0.2) is 24.3 Å². The van der Waals surface area contributed by atoms with Crippen molar-refractivity contribution >= 4 is 17.6 Å². The first kappa shape index (κ1) is 15.0. The van der Waals surface area contributed by atoms with Gasteiger partial charge < -0.3 is 10.1 Å². The summed E-state index contributed by atoms with van der Waals surface area (Å²) in [5.41, 5.74) is 0.601. The molecule has 4 heteroatoms. The monoisotopic (exact) mass is 269 g/mol. The van der Waals surface area contributed by atoms with Gasteiger partial charge >= 0.3 is 5.97 Å². The predicted octanol–water partition coefficient (Wildman–Crippen LogP) is 3.33. The van der Waals surface area contributed by atoms with E-state index in [2.05, 4.69) is 5.32 Å². The van der Waals surface area contributed by atoms with Crippen molar-refractivity contribution in [1.29, 1.82) is 0 Å². The highest BCUT2D eigenvalue weighted by molar-refractivity contribution is 6.30. The summed E-state index contributed by atoms with van der Waals surface area (Å²) in [6.07, 6.45) is 0. The molecule has 1 unspecified atom stereocenters. The van der Waals surface area contributed by atoms with Crippen molar-refractivity contribution in [1.82, 2.24) is 5.32 Å². The van der Waals surface area contributed by atoms with Crippen LogP contribution in [-0.2, 0) is 9.53 Å². The minimum atomic E-state index is -0.446. The second kappa shape index (κ2) is 6.21. The number of ether oxygens (including phenoxy) is 1. The summed E-state index contributed by atoms with van der Waals surface area (Å²) in [7, 11) is 0. The van der Waals surface area contributed by atoms with Crippen LogP contribution >= 0.6 is 11.6 Å². The summed E-state index contributed by atoms with van der Waals surface area (Å²) in [5, 5.41) is 3.81. The van der Waals surface area contributed by atoms with E-state index in [0.29, 0.717) is 5.02 Å². The van der Waals surface area contributed by atoms with Gasteiger partial charge in [-0.3, -0.25) is 4.79 Å². The van der Waals surface area contributed by atoms with E-state index < -0.39 is 5.60 Å². The molecule has 0 aliphatic heterocycles. The number of hydrogen-bond acceptors (Lipinski definition) is 3. The van der Waals surface area contributed by atoms with Crippen molar-refractivity contribution < 1.29 is 9.53 Å². The lowest BCUT2D eigenvalue weighted by molar-refractivity contribution is -0.153. The topological polar surface area (TPSA) is 38.3 Å². The molecule has 1 rings (SSSR count). The van der Waals surface area contributed by atoms with Gasteiger partial charge in [-0.25, -0.2) is 0 Å². The molecule has 0 bridgehead atoms. The molecule has 0 spiro atoms. The SMILES string of the molecule is CC(NCC(=O)OC(C)(C)C)c1cccc(Cl)c1. The van der Waals surface area contributed by atoms with Crippen molar-refractivity contribution in [2.45, 2.75) is 39.3 Å². The molecule has 0 saturated carbocycles. The summed E-state index contributed by atoms with van der Waals surface area (Å²) in [6.45, 7) is 7.73. The average Bonchev–Trinajstić information content (AvgIpc) is 2.23. The molecule has 1 aromatic carbocycles. The quantitative estimate of drug-likeness (QED) is 0.852. The Morgan fingerprint density at radius 1 is 1.44 bits per heavy atom. The third-order valence-electron chi connectivity index (χ3n) is 2.32. The summed E-state index contributed by atoms with van der Waals surface area (Å²) in [6, 6.07) is 7.62. The molecule has 0 aliphatic carbocycles. The van der Waals surface area contributed by atoms with E-state index in [-0.39, 0.29) is 18.6 Å². The molecule has 0 aromatic heterocycles. The summed E-state index contributed by atoms with van der Waals surface area (Å²) in [4.78, 5) is 11.6. The largest absolute Gasteiger partial charge is 0.459 e. The molecular weight excluding hydrogens is 250 g/mol. The maximum atomic E-state index is 11.6. The Labute approximate surface area is 113 Å². The van der Waals surface area contributed by atoms with Gasteiger partial charge in [-0.15, -0.1) is 0 Å². The zero-order chi connectivity index (χ0) is 13.8. The lowest BCUT2D eigenvalue weighted by atomic mass is 10.1. The maximum absolute atomic E-state index is 11.6. The minimum absolute atomic E-state index is 0.0521. The first-order valence-corrected chi connectivity index (χ1v) is 6.36. The van der Waals surface area contributed by atoms with Gasteiger partial charge in [-0.2, -0.15) is 0 Å². The van der Waals surface area contributed by atoms with Crippen LogP contribution in [0.3, 0.4) is 0 Å². The number of carbonyl (C=O) groups excluding carboxylic acids is 1. The zero-order valence-electron chi connectivity index (χ0n) is 11.3. The first-order valence-electron chi connectivity index (χ1n) is 5.98. The second-order valence-electron chi connectivity index (χ2n) is 5.24. The molecule has 0 radical (unpaired) electrons. The van der Waals surface area contributed by atoms with Gasteiger partial charge in [-0.1, -0.05) is 23.7 Å². The zero-order valence-corrected chi connectivity index (χ0v) is 12.0. The lowest BCUT2D eigenvalue weighted by Crippen LogP contribution is -2.32. The Bertz CT molecular complexity index is 413. The van der Waals surface area contributed by atoms with Gasteiger partial charge in [0.05, 0.1) is 6.54 Å². The van der Waals surface area contributed by atoms with E-state index >= 15 is 0 Å². The molecule has 0 amide bonds. The van der Waals surface area contributed by atoms with Crippen LogP contribution in [0.25, 0.3) is 0 Å². The number of carbonyl (C=O) groups is 1. The third kappa shape index (κ3) is 5.52. The number of nitrogens with one attached hydrogen (secondary N) is 1. The fourth-order valence-electron chi connectivity index (χ4n) is 1.51. The average molecular weight is 270 g/mol. The van der Waals surface area contributed by atoms with Crippen LogP contribution in [0.4, 0.5) is 0 Å². The van der Waals surface area contributed by atoms with E-state index in [9.17, 15) is 4.79 Å². The van der Waals surface area contributed by atoms with Crippen LogP contribution in [0.5, 0.6) is 0 Å². The number of hydrogen-bond donors (Lipinski definition) is 1. The van der Waals surface area contributed by atoms with Crippen LogP contribution < -0.4 is 5.32 Å². The summed E-state index contributed by atoms with van der Waals surface area (Å²) >= 11 is 5.92. The second-order valence-corrected chi connectivity index (χ2v) is 5.68. The van der Waals surface area contributed by atoms with Crippen LogP contribution in [-0.4, -0.2) is 18.1 Å². The van der Waals surface area contributed by atoms with Crippen LogP contribution in [0, 0.1) is 0 Å². The Morgan fingerprint density at radius 3 is 2.67 bits per heavy atom. The van der Waals surface area contributed by atoms with Crippen molar-refractivity contribution in [3.63, 3.8) is 0 Å². The number of rotatable bonds is 4. The Morgan fingerprint density at radius 2 is 2.11 bits per heavy atom. The number of halogens is 1. The predicted molar refractivity (Wildman–Crippen MR) is 73.7 cm³/mol. The highest BCUT2D eigenvalue weighted by Crippen LogP contribution is 2.17. The molecule has 1 atom stereocenters. The van der Waals surface area contributed by atoms with E-state index in [1.165, 1.54) is 0 Å². The van der Waals surface area contributed by atoms with E-state index in [4.69, 9.17) is 16.3 Å². The normalized spacial score (nSPS) is 13.2. The smallest absolute Gasteiger partial charge is 0.320 e. The van der Waals surface area contributed by atoms with Gasteiger partial charge in [0, 0.05) is 11.1 Å². The summed E-state index contributed by atoms with van der Waals surface area (Å²) in [5.74, 6) is -0.253. The first-order chi connectivity index (χ1) is 8.28. The molecule has 3 nitrogen and oxygen atoms in total. The van der Waals surface area contributed by atoms with Crippen LogP contribution in [0.2, 0.25) is 5.02 Å². The highest BCUT2D eigenvalue weighted by Gasteiger charge is 2.16. The van der Waals surface area contributed by atoms with E-state index in [1.807, 2.05) is 52.0 Å². The van der Waals surface area contributed by atoms with Gasteiger partial charge in [-0.05, 0) is 45.4 Å². The van der Waals surface area contributed by atoms with E-state index in [0.717, 1.165) is 5.56 Å². The molecule has 1 aromatic rings. The van der Waals surface area contributed by atoms with Gasteiger partial charge in [0.1, 0.15) is 5.60 Å². The Balaban J connectivity index is 2.46. The fourth-order valence-corrected chi connectivity index (χ4v) is 1.71. The van der Waals surface area contributed by atoms with Gasteiger partial charge in [0.15, 0.2) is 0 Å². The highest BCUT2D eigenvalue weighted by atomic mass is 35.5. The standard InChI is InChI=1S/C14H20ClNO2/c1-10(11-6-5-7-12(15)8-11)16-9-13(17)18-14(2,3)4/h5-8,10,16H,9H2,1-4H3. The van der Waals surface area contributed by atoms with Crippen molar-refractivity contribution in [2.75, 3.05) is 6.54 Å². The van der Waals surface area contributed by atoms with Gasteiger partial charge in [0.25, 0.3) is 0 Å². The Kier molecular flexibility index (Phi) is 5.17. The lowest BCUT2D eigenvalue weighted by Gasteiger charge is -2.21. The molecule has 0 aliphatic rings. The molecule has 1 N–H and O–H groups in total. The molecule has 0 saturated heterocycles. The van der Waals surface area contributed by atoms with Crippen LogP contribution in [0.1, 0.15) is 39.3 Å². The molecule has 0 fully saturated rings. The Hall–Kier alpha value is -1.06. The van der Waals surface area contributed by atoms with Crippen molar-refractivity contribution in [3.8, 4) is 0 Å². The fraction of sp³-hybridized carbons (Fsp3) is 0.500. The van der Waals surface area contributed by atoms with Gasteiger partial charge in [0.2, 0.25) is 0 Å². The summed E-state index contributed by atoms with van der Waals surface area (Å²) < 4.78 is 5.22. The van der Waals surface area contributed by atoms with E-state index in [1.54, 1.807) is 0 Å². The molecular formula is C14H20ClNO2. The molecule has 100 valence electrons. The molecule has 0 heterocycles. The minimum Gasteiger partial charge on any atom is -0.459 e. The number of esters is 1. The number of benzene rings is 1.